The molecule has 25 heavy (non-hydrogen) atoms. The minimum atomic E-state index is -1.35. The Kier molecular flexibility index (Phi) is 5.59. The van der Waals surface area contributed by atoms with E-state index in [0.717, 1.165) is 0 Å². The van der Waals surface area contributed by atoms with Gasteiger partial charge in [0.15, 0.2) is 12.5 Å². The van der Waals surface area contributed by atoms with Gasteiger partial charge in [0.2, 0.25) is 6.35 Å². The highest BCUT2D eigenvalue weighted by atomic mass is 16.6. The molecule has 3 N–H and O–H groups in total. The number of aliphatic hydroxyl groups is 2. The molecule has 0 saturated carbocycles. The van der Waals surface area contributed by atoms with Crippen molar-refractivity contribution in [3.05, 3.63) is 20.9 Å². The maximum absolute atomic E-state index is 9.99. The molecular weight excluding hydrogens is 336 g/mol. The number of hydrogen-bond acceptors (Lipinski definition) is 9. The number of azide groups is 1. The molecule has 0 aromatic rings. The second kappa shape index (κ2) is 7.70. The molecule has 3 saturated heterocycles. The minimum Gasteiger partial charge on any atom is -0.394 e. The Morgan fingerprint density at radius 2 is 2.08 bits per heavy atom. The lowest BCUT2D eigenvalue weighted by Gasteiger charge is -2.28. The molecule has 3 aliphatic rings. The van der Waals surface area contributed by atoms with Gasteiger partial charge in [0.1, 0.15) is 18.6 Å². The monoisotopic (exact) mass is 356 g/mol. The van der Waals surface area contributed by atoms with Gasteiger partial charge in [-0.25, -0.2) is 4.90 Å². The summed E-state index contributed by atoms with van der Waals surface area (Å²) in [6.45, 7) is 2.13. The van der Waals surface area contributed by atoms with Gasteiger partial charge < -0.3 is 24.4 Å². The van der Waals surface area contributed by atoms with E-state index in [-0.39, 0.29) is 25.0 Å². The largest absolute Gasteiger partial charge is 0.394 e. The van der Waals surface area contributed by atoms with E-state index in [0.29, 0.717) is 13.0 Å². The standard InChI is InChI=1S/C12H20N8O5/c1-5-3-20(11-10(25-11)15-9(5)22)8-2-6(7(4-21)23-8)24-12(16-18-13)17-19-14/h5-12,15,21-22H,2-4H2,1H3. The second-order valence-corrected chi connectivity index (χ2v) is 6.19. The molecule has 13 nitrogen and oxygen atoms in total. The zero-order valence-electron chi connectivity index (χ0n) is 13.5. The number of fused-ring (bicyclic) bond motifs is 1. The van der Waals surface area contributed by atoms with Crippen LogP contribution in [0.15, 0.2) is 10.2 Å². The van der Waals surface area contributed by atoms with Crippen molar-refractivity contribution in [3.8, 4) is 0 Å². The predicted molar refractivity (Wildman–Crippen MR) is 81.0 cm³/mol. The summed E-state index contributed by atoms with van der Waals surface area (Å²) in [5, 5.41) is 29.0. The topological polar surface area (TPSA) is 184 Å². The van der Waals surface area contributed by atoms with Crippen molar-refractivity contribution in [2.24, 2.45) is 16.1 Å². The van der Waals surface area contributed by atoms with Crippen LogP contribution in [0.4, 0.5) is 0 Å². The van der Waals surface area contributed by atoms with E-state index >= 15 is 0 Å². The molecule has 7 unspecified atom stereocenters. The summed E-state index contributed by atoms with van der Waals surface area (Å²) in [6, 6.07) is 0. The summed E-state index contributed by atoms with van der Waals surface area (Å²) >= 11 is 0. The van der Waals surface area contributed by atoms with Crippen LogP contribution in [0.1, 0.15) is 13.3 Å². The summed E-state index contributed by atoms with van der Waals surface area (Å²) in [5.41, 5.74) is 17.0. The number of hydrogen-bond donors (Lipinski definition) is 3. The van der Waals surface area contributed by atoms with Crippen molar-refractivity contribution in [2.45, 2.75) is 56.8 Å². The molecule has 3 fully saturated rings. The normalized spacial score (nSPS) is 41.8. The Labute approximate surface area is 142 Å². The second-order valence-electron chi connectivity index (χ2n) is 6.19. The lowest BCUT2D eigenvalue weighted by Crippen LogP contribution is -2.42. The van der Waals surface area contributed by atoms with Gasteiger partial charge in [-0.3, -0.25) is 5.32 Å². The van der Waals surface area contributed by atoms with Crippen molar-refractivity contribution in [1.29, 1.82) is 0 Å². The first-order valence-electron chi connectivity index (χ1n) is 7.93. The fourth-order valence-electron chi connectivity index (χ4n) is 3.16. The third kappa shape index (κ3) is 3.96. The number of aliphatic hydroxyl groups excluding tert-OH is 2. The van der Waals surface area contributed by atoms with E-state index < -0.39 is 31.0 Å². The Morgan fingerprint density at radius 1 is 1.36 bits per heavy atom. The molecule has 0 aromatic carbocycles. The van der Waals surface area contributed by atoms with Gasteiger partial charge in [0, 0.05) is 28.7 Å². The molecule has 0 spiro atoms. The average molecular weight is 356 g/mol. The molecule has 0 amide bonds. The molecule has 3 heterocycles. The lowest BCUT2D eigenvalue weighted by atomic mass is 10.1. The maximum atomic E-state index is 9.99. The summed E-state index contributed by atoms with van der Waals surface area (Å²) in [7, 11) is 0. The highest BCUT2D eigenvalue weighted by Crippen LogP contribution is 2.36. The van der Waals surface area contributed by atoms with Crippen LogP contribution in [0, 0.1) is 5.92 Å². The van der Waals surface area contributed by atoms with Crippen LogP contribution in [-0.2, 0) is 14.2 Å². The highest BCUT2D eigenvalue weighted by Gasteiger charge is 2.53. The van der Waals surface area contributed by atoms with Crippen LogP contribution >= 0.6 is 0 Å². The molecule has 138 valence electrons. The van der Waals surface area contributed by atoms with Crippen molar-refractivity contribution in [2.75, 3.05) is 13.2 Å². The van der Waals surface area contributed by atoms with E-state index in [1.54, 1.807) is 0 Å². The number of ether oxygens (including phenoxy) is 3. The first-order chi connectivity index (χ1) is 12.1. The third-order valence-electron chi connectivity index (χ3n) is 4.50. The molecular formula is C12H20N8O5. The maximum Gasteiger partial charge on any atom is 0.215 e. The Hall–Kier alpha value is -1.66. The summed E-state index contributed by atoms with van der Waals surface area (Å²) in [6.07, 6.45) is -3.87. The van der Waals surface area contributed by atoms with Crippen LogP contribution in [-0.4, -0.2) is 71.7 Å². The summed E-state index contributed by atoms with van der Waals surface area (Å²) in [5.74, 6) is -0.0494. The zero-order chi connectivity index (χ0) is 18.0. The molecule has 0 aromatic heterocycles. The molecule has 7 atom stereocenters. The lowest BCUT2D eigenvalue weighted by molar-refractivity contribution is -0.108. The molecule has 13 heteroatoms. The van der Waals surface area contributed by atoms with Gasteiger partial charge in [-0.1, -0.05) is 17.2 Å². The molecule has 3 rings (SSSR count). The van der Waals surface area contributed by atoms with Gasteiger partial charge in [-0.2, -0.15) is 0 Å². The fourth-order valence-corrected chi connectivity index (χ4v) is 3.16. The SMILES string of the molecule is CC1CN(C2CC(OC(N=[N+]=[N-])N=[N+]=[N-])C(CO)O2)C2OC2NC1O. The van der Waals surface area contributed by atoms with E-state index in [4.69, 9.17) is 25.3 Å². The highest BCUT2D eigenvalue weighted by molar-refractivity contribution is 4.94. The quantitative estimate of drug-likeness (QED) is 0.257. The Bertz CT molecular complexity index is 564. The Morgan fingerprint density at radius 3 is 2.72 bits per heavy atom. The van der Waals surface area contributed by atoms with Crippen LogP contribution in [0.2, 0.25) is 0 Å². The predicted octanol–water partition coefficient (Wildman–Crippen LogP) is -0.0748. The van der Waals surface area contributed by atoms with Crippen LogP contribution in [0.5, 0.6) is 0 Å². The first kappa shape index (κ1) is 18.1. The first-order valence-corrected chi connectivity index (χ1v) is 7.93. The van der Waals surface area contributed by atoms with Crippen LogP contribution < -0.4 is 5.32 Å². The molecule has 0 radical (unpaired) electrons. The smallest absolute Gasteiger partial charge is 0.215 e. The van der Waals surface area contributed by atoms with Crippen molar-refractivity contribution in [3.63, 3.8) is 0 Å². The number of nitrogens with zero attached hydrogens (tertiary/aromatic N) is 7. The van der Waals surface area contributed by atoms with E-state index in [1.165, 1.54) is 0 Å². The van der Waals surface area contributed by atoms with Crippen molar-refractivity contribution >= 4 is 0 Å². The summed E-state index contributed by atoms with van der Waals surface area (Å²) in [4.78, 5) is 7.10. The molecule has 0 aliphatic carbocycles. The van der Waals surface area contributed by atoms with Crippen LogP contribution in [0.25, 0.3) is 20.9 Å². The fraction of sp³-hybridized carbons (Fsp3) is 1.00. The Balaban J connectivity index is 1.68. The van der Waals surface area contributed by atoms with Gasteiger partial charge in [0.05, 0.1) is 12.7 Å². The third-order valence-corrected chi connectivity index (χ3v) is 4.50. The minimum absolute atomic E-state index is 0.0494. The van der Waals surface area contributed by atoms with Gasteiger partial charge >= 0.3 is 0 Å². The number of epoxide rings is 1. The van der Waals surface area contributed by atoms with E-state index in [2.05, 4.69) is 25.4 Å². The van der Waals surface area contributed by atoms with Gasteiger partial charge in [-0.15, -0.1) is 0 Å². The van der Waals surface area contributed by atoms with E-state index in [9.17, 15) is 10.2 Å². The average Bonchev–Trinajstić information content (AvgIpc) is 3.24. The van der Waals surface area contributed by atoms with E-state index in [1.807, 2.05) is 11.8 Å². The van der Waals surface area contributed by atoms with Crippen molar-refractivity contribution in [1.82, 2.24) is 10.2 Å². The molecule has 3 aliphatic heterocycles. The summed E-state index contributed by atoms with van der Waals surface area (Å²) < 4.78 is 16.8. The zero-order valence-corrected chi connectivity index (χ0v) is 13.5. The van der Waals surface area contributed by atoms with Gasteiger partial charge in [0.25, 0.3) is 0 Å². The van der Waals surface area contributed by atoms with Gasteiger partial charge in [-0.05, 0) is 11.1 Å². The van der Waals surface area contributed by atoms with Crippen molar-refractivity contribution < 1.29 is 24.4 Å². The van der Waals surface area contributed by atoms with Crippen LogP contribution in [0.3, 0.4) is 0 Å². The number of nitrogens with one attached hydrogen (secondary N) is 1. The number of rotatable bonds is 6. The molecule has 0 bridgehead atoms.